The Morgan fingerprint density at radius 3 is 1.94 bits per heavy atom. The first-order valence-corrected chi connectivity index (χ1v) is 12.6. The molecule has 2 N–H and O–H groups in total. The van der Waals surface area contributed by atoms with Crippen LogP contribution < -0.4 is 10.6 Å². The van der Waals surface area contributed by atoms with E-state index in [1.54, 1.807) is 12.1 Å². The Labute approximate surface area is 203 Å². The van der Waals surface area contributed by atoms with Crippen molar-refractivity contribution in [2.45, 2.75) is 55.5 Å². The van der Waals surface area contributed by atoms with Crippen molar-refractivity contribution in [3.8, 4) is 23.5 Å². The van der Waals surface area contributed by atoms with Crippen LogP contribution in [0.2, 0.25) is 0 Å². The number of terminal acetylenes is 1. The second-order valence-electron chi connectivity index (χ2n) is 8.79. The molecular weight excluding hydrogens is 484 g/mol. The van der Waals surface area contributed by atoms with Gasteiger partial charge >= 0.3 is 6.18 Å². The molecule has 0 heterocycles. The third kappa shape index (κ3) is 8.67. The van der Waals surface area contributed by atoms with E-state index < -0.39 is 39.7 Å². The van der Waals surface area contributed by atoms with Gasteiger partial charge in [-0.25, -0.2) is 12.8 Å². The normalized spacial score (nSPS) is 14.1. The van der Waals surface area contributed by atoms with E-state index in [9.17, 15) is 30.8 Å². The molecule has 0 spiro atoms. The zero-order valence-electron chi connectivity index (χ0n) is 19.6. The Bertz CT molecular complexity index is 1150. The first-order valence-electron chi connectivity index (χ1n) is 10.7. The summed E-state index contributed by atoms with van der Waals surface area (Å²) in [6.07, 6.45) is 1.15. The van der Waals surface area contributed by atoms with Crippen LogP contribution in [0.5, 0.6) is 0 Å². The SMILES string of the molecule is C#CCNC(=O)[C@H](CCC(C)(C)F)N[C@@H](c1ccc(-c2ccc(S(C)(=O)=O)cc2)cc1)C(F)(F)F. The Balaban J connectivity index is 2.31. The summed E-state index contributed by atoms with van der Waals surface area (Å²) < 4.78 is 79.2. The van der Waals surface area contributed by atoms with Gasteiger partial charge < -0.3 is 5.32 Å². The largest absolute Gasteiger partial charge is 0.407 e. The van der Waals surface area contributed by atoms with E-state index in [0.29, 0.717) is 11.1 Å². The highest BCUT2D eigenvalue weighted by Gasteiger charge is 2.43. The fourth-order valence-corrected chi connectivity index (χ4v) is 4.01. The van der Waals surface area contributed by atoms with E-state index in [4.69, 9.17) is 6.42 Å². The molecule has 2 atom stereocenters. The minimum absolute atomic E-state index is 0.129. The highest BCUT2D eigenvalue weighted by molar-refractivity contribution is 7.90. The smallest absolute Gasteiger partial charge is 0.344 e. The standard InChI is InChI=1S/C25H28F4N2O3S/c1-5-16-30-23(32)21(14-15-24(2,3)26)31-22(25(27,28)29)19-8-6-17(7-9-19)18-10-12-20(13-11-18)35(4,33)34/h1,6-13,21-22,31H,14-16H2,2-4H3,(H,30,32)/t21-,22-/m0/s1. The quantitative estimate of drug-likeness (QED) is 0.361. The van der Waals surface area contributed by atoms with Gasteiger partial charge in [0.15, 0.2) is 9.84 Å². The van der Waals surface area contributed by atoms with Crippen LogP contribution in [0, 0.1) is 12.3 Å². The Morgan fingerprint density at radius 1 is 1.00 bits per heavy atom. The van der Waals surface area contributed by atoms with Crippen LogP contribution in [0.3, 0.4) is 0 Å². The summed E-state index contributed by atoms with van der Waals surface area (Å²) in [5, 5.41) is 4.69. The van der Waals surface area contributed by atoms with Crippen molar-refractivity contribution in [2.24, 2.45) is 0 Å². The van der Waals surface area contributed by atoms with Crippen molar-refractivity contribution < 1.29 is 30.8 Å². The minimum Gasteiger partial charge on any atom is -0.344 e. The molecule has 0 saturated carbocycles. The molecule has 10 heteroatoms. The van der Waals surface area contributed by atoms with Gasteiger partial charge in [0.05, 0.1) is 17.5 Å². The van der Waals surface area contributed by atoms with Crippen molar-refractivity contribution in [3.05, 3.63) is 54.1 Å². The zero-order valence-corrected chi connectivity index (χ0v) is 20.4. The predicted molar refractivity (Wildman–Crippen MR) is 127 cm³/mol. The van der Waals surface area contributed by atoms with Gasteiger partial charge in [-0.05, 0) is 55.5 Å². The highest BCUT2D eigenvalue weighted by Crippen LogP contribution is 2.35. The molecule has 5 nitrogen and oxygen atoms in total. The van der Waals surface area contributed by atoms with Crippen LogP contribution in [0.25, 0.3) is 11.1 Å². The van der Waals surface area contributed by atoms with Gasteiger partial charge in [0.1, 0.15) is 11.7 Å². The molecule has 0 aromatic heterocycles. The predicted octanol–water partition coefficient (Wildman–Crippen LogP) is 4.60. The number of carbonyl (C=O) groups excluding carboxylic acids is 1. The van der Waals surface area contributed by atoms with Crippen LogP contribution in [-0.4, -0.2) is 45.0 Å². The first-order chi connectivity index (χ1) is 16.1. The van der Waals surface area contributed by atoms with Crippen molar-refractivity contribution in [2.75, 3.05) is 12.8 Å². The Morgan fingerprint density at radius 2 is 1.51 bits per heavy atom. The van der Waals surface area contributed by atoms with Gasteiger partial charge in [0, 0.05) is 6.26 Å². The molecule has 190 valence electrons. The van der Waals surface area contributed by atoms with Gasteiger partial charge in [0.2, 0.25) is 5.91 Å². The minimum atomic E-state index is -4.74. The molecule has 0 saturated heterocycles. The number of hydrogen-bond donors (Lipinski definition) is 2. The summed E-state index contributed by atoms with van der Waals surface area (Å²) in [7, 11) is -3.38. The molecule has 2 rings (SSSR count). The van der Waals surface area contributed by atoms with Crippen LogP contribution in [0.1, 0.15) is 38.3 Å². The monoisotopic (exact) mass is 512 g/mol. The molecule has 0 radical (unpaired) electrons. The number of amides is 1. The molecule has 0 unspecified atom stereocenters. The fourth-order valence-electron chi connectivity index (χ4n) is 3.38. The third-order valence-corrected chi connectivity index (χ3v) is 6.39. The average molecular weight is 513 g/mol. The van der Waals surface area contributed by atoms with Crippen LogP contribution in [-0.2, 0) is 14.6 Å². The molecule has 35 heavy (non-hydrogen) atoms. The Hall–Kier alpha value is -2.90. The van der Waals surface area contributed by atoms with Crippen LogP contribution >= 0.6 is 0 Å². The molecular formula is C25H28F4N2O3S. The summed E-state index contributed by atoms with van der Waals surface area (Å²) >= 11 is 0. The van der Waals surface area contributed by atoms with Gasteiger partial charge in [-0.1, -0.05) is 42.3 Å². The maximum absolute atomic E-state index is 14.0. The molecule has 2 aromatic rings. The fraction of sp³-hybridized carbons (Fsp3) is 0.400. The van der Waals surface area contributed by atoms with Gasteiger partial charge in [-0.3, -0.25) is 10.1 Å². The summed E-state index contributed by atoms with van der Waals surface area (Å²) in [5.74, 6) is 1.44. The van der Waals surface area contributed by atoms with Gasteiger partial charge in [-0.15, -0.1) is 6.42 Å². The van der Waals surface area contributed by atoms with Crippen molar-refractivity contribution in [3.63, 3.8) is 0 Å². The highest BCUT2D eigenvalue weighted by atomic mass is 32.2. The zero-order chi connectivity index (χ0) is 26.4. The van der Waals surface area contributed by atoms with Crippen LogP contribution in [0.15, 0.2) is 53.4 Å². The number of benzene rings is 2. The number of carbonyl (C=O) groups is 1. The van der Waals surface area contributed by atoms with Crippen molar-refractivity contribution in [1.29, 1.82) is 0 Å². The lowest BCUT2D eigenvalue weighted by Crippen LogP contribution is -2.49. The summed E-state index contributed by atoms with van der Waals surface area (Å²) in [4.78, 5) is 12.6. The maximum Gasteiger partial charge on any atom is 0.407 e. The van der Waals surface area contributed by atoms with E-state index >= 15 is 0 Å². The lowest BCUT2D eigenvalue weighted by molar-refractivity contribution is -0.161. The molecule has 2 aromatic carbocycles. The molecule has 0 bridgehead atoms. The number of halogens is 4. The molecule has 0 fully saturated rings. The number of hydrogen-bond acceptors (Lipinski definition) is 4. The lowest BCUT2D eigenvalue weighted by Gasteiger charge is -2.28. The van der Waals surface area contributed by atoms with Crippen molar-refractivity contribution in [1.82, 2.24) is 10.6 Å². The third-order valence-electron chi connectivity index (χ3n) is 5.26. The summed E-state index contributed by atoms with van der Waals surface area (Å²) in [5.41, 5.74) is -0.605. The summed E-state index contributed by atoms with van der Waals surface area (Å²) in [6, 6.07) is 7.97. The van der Waals surface area contributed by atoms with E-state index in [1.165, 1.54) is 50.2 Å². The maximum atomic E-state index is 14.0. The lowest BCUT2D eigenvalue weighted by atomic mass is 9.97. The number of nitrogens with one attached hydrogen (secondary N) is 2. The van der Waals surface area contributed by atoms with E-state index in [2.05, 4.69) is 16.6 Å². The summed E-state index contributed by atoms with van der Waals surface area (Å²) in [6.45, 7) is 2.40. The van der Waals surface area contributed by atoms with Gasteiger partial charge in [-0.2, -0.15) is 13.2 Å². The van der Waals surface area contributed by atoms with E-state index in [0.717, 1.165) is 6.26 Å². The molecule has 0 aliphatic carbocycles. The number of rotatable bonds is 10. The second kappa shape index (κ2) is 11.2. The first kappa shape index (κ1) is 28.3. The molecule has 0 aliphatic heterocycles. The molecule has 1 amide bonds. The van der Waals surface area contributed by atoms with Crippen LogP contribution in [0.4, 0.5) is 17.6 Å². The van der Waals surface area contributed by atoms with E-state index in [1.807, 2.05) is 0 Å². The van der Waals surface area contributed by atoms with Crippen molar-refractivity contribution >= 4 is 15.7 Å². The number of alkyl halides is 4. The number of sulfone groups is 1. The van der Waals surface area contributed by atoms with E-state index in [-0.39, 0.29) is 29.8 Å². The van der Waals surface area contributed by atoms with Gasteiger partial charge in [0.25, 0.3) is 0 Å². The average Bonchev–Trinajstić information content (AvgIpc) is 2.75. The second-order valence-corrected chi connectivity index (χ2v) is 10.8. The Kier molecular flexibility index (Phi) is 9.09. The topological polar surface area (TPSA) is 75.3 Å². The molecule has 0 aliphatic rings.